The molecule has 2 N–H and O–H groups in total. The number of urea groups is 1. The second-order valence-corrected chi connectivity index (χ2v) is 9.28. The maximum atomic E-state index is 12.4. The van der Waals surface area contributed by atoms with E-state index in [0.717, 1.165) is 55.1 Å². The van der Waals surface area contributed by atoms with Crippen LogP contribution >= 0.6 is 11.5 Å². The van der Waals surface area contributed by atoms with Gasteiger partial charge in [0.2, 0.25) is 5.88 Å². The number of amides is 2. The smallest absolute Gasteiger partial charge is 0.346 e. The fraction of sp³-hybridized carbons (Fsp3) is 0.542. The fourth-order valence-corrected chi connectivity index (χ4v) is 4.90. The lowest BCUT2D eigenvalue weighted by Gasteiger charge is -2.18. The number of aryl methyl sites for hydroxylation is 1. The number of anilines is 1. The average molecular weight is 489 g/mol. The van der Waals surface area contributed by atoms with Gasteiger partial charge in [0, 0.05) is 6.54 Å². The number of hydrogen-bond donors (Lipinski definition) is 2. The minimum absolute atomic E-state index is 0.117. The summed E-state index contributed by atoms with van der Waals surface area (Å²) in [4.78, 5) is 27.2. The number of carbonyl (C=O) groups is 2. The highest BCUT2D eigenvalue weighted by atomic mass is 32.1. The molecule has 0 atom stereocenters. The summed E-state index contributed by atoms with van der Waals surface area (Å²) >= 11 is 0.988. The van der Waals surface area contributed by atoms with Crippen LogP contribution in [0.5, 0.6) is 11.6 Å². The van der Waals surface area contributed by atoms with Gasteiger partial charge in [0.1, 0.15) is 17.4 Å². The third-order valence-corrected chi connectivity index (χ3v) is 6.76. The first-order valence-corrected chi connectivity index (χ1v) is 12.6. The zero-order valence-corrected chi connectivity index (χ0v) is 20.4. The molecule has 0 radical (unpaired) electrons. The van der Waals surface area contributed by atoms with E-state index in [0.29, 0.717) is 18.2 Å². The molecule has 1 aromatic heterocycles. The van der Waals surface area contributed by atoms with Gasteiger partial charge in [-0.05, 0) is 86.9 Å². The van der Waals surface area contributed by atoms with E-state index in [1.54, 1.807) is 0 Å². The number of methoxy groups -OCH3 is 1. The van der Waals surface area contributed by atoms with Gasteiger partial charge < -0.3 is 24.4 Å². The van der Waals surface area contributed by atoms with E-state index in [1.165, 1.54) is 38.6 Å². The first kappa shape index (κ1) is 24.3. The predicted molar refractivity (Wildman–Crippen MR) is 130 cm³/mol. The van der Waals surface area contributed by atoms with Crippen LogP contribution in [0.15, 0.2) is 18.2 Å². The highest BCUT2D eigenvalue weighted by Gasteiger charge is 2.25. The van der Waals surface area contributed by atoms with Gasteiger partial charge in [-0.3, -0.25) is 5.32 Å². The normalized spacial score (nSPS) is 15.3. The Morgan fingerprint density at radius 1 is 1.21 bits per heavy atom. The number of likely N-dealkylation sites (tertiary alicyclic amines) is 1. The maximum Gasteiger partial charge on any atom is 0.346 e. The summed E-state index contributed by atoms with van der Waals surface area (Å²) < 4.78 is 20.7. The lowest BCUT2D eigenvalue weighted by atomic mass is 10.0. The van der Waals surface area contributed by atoms with Crippen molar-refractivity contribution in [3.8, 4) is 11.6 Å². The minimum atomic E-state index is -0.613. The Morgan fingerprint density at radius 3 is 2.88 bits per heavy atom. The van der Waals surface area contributed by atoms with Gasteiger partial charge in [-0.2, -0.15) is 4.37 Å². The fourth-order valence-electron chi connectivity index (χ4n) is 4.18. The van der Waals surface area contributed by atoms with Crippen molar-refractivity contribution in [3.63, 3.8) is 0 Å². The summed E-state index contributed by atoms with van der Waals surface area (Å²) in [6.07, 6.45) is 6.53. The number of carbonyl (C=O) groups excluding carboxylic acids is 2. The second-order valence-electron chi connectivity index (χ2n) is 8.50. The van der Waals surface area contributed by atoms with E-state index < -0.39 is 5.97 Å². The molecule has 2 aliphatic heterocycles. The molecule has 2 amide bonds. The van der Waals surface area contributed by atoms with E-state index in [-0.39, 0.29) is 24.1 Å². The van der Waals surface area contributed by atoms with Gasteiger partial charge in [0.25, 0.3) is 0 Å². The maximum absolute atomic E-state index is 12.4. The van der Waals surface area contributed by atoms with Crippen molar-refractivity contribution in [3.05, 3.63) is 34.9 Å². The number of hydrogen-bond acceptors (Lipinski definition) is 8. The van der Waals surface area contributed by atoms with Gasteiger partial charge in [0.15, 0.2) is 5.56 Å². The molecule has 10 heteroatoms. The van der Waals surface area contributed by atoms with E-state index in [1.807, 2.05) is 18.2 Å². The third-order valence-electron chi connectivity index (χ3n) is 6.02. The van der Waals surface area contributed by atoms with Crippen molar-refractivity contribution in [2.45, 2.75) is 45.1 Å². The lowest BCUT2D eigenvalue weighted by molar-refractivity contribution is 0.0596. The van der Waals surface area contributed by atoms with Gasteiger partial charge in [-0.1, -0.05) is 12.1 Å². The molecule has 184 valence electrons. The zero-order valence-electron chi connectivity index (χ0n) is 19.6. The topological polar surface area (TPSA) is 102 Å². The van der Waals surface area contributed by atoms with Crippen molar-refractivity contribution in [2.24, 2.45) is 0 Å². The molecule has 0 bridgehead atoms. The van der Waals surface area contributed by atoms with Gasteiger partial charge in [-0.25, -0.2) is 9.59 Å². The number of benzene rings is 1. The molecule has 0 saturated carbocycles. The molecule has 1 saturated heterocycles. The van der Waals surface area contributed by atoms with Crippen LogP contribution in [-0.2, 0) is 17.8 Å². The highest BCUT2D eigenvalue weighted by molar-refractivity contribution is 7.11. The van der Waals surface area contributed by atoms with Crippen LogP contribution in [0.4, 0.5) is 9.80 Å². The minimum Gasteiger partial charge on any atom is -0.493 e. The van der Waals surface area contributed by atoms with Crippen molar-refractivity contribution < 1.29 is 23.8 Å². The molecule has 4 rings (SSSR count). The summed E-state index contributed by atoms with van der Waals surface area (Å²) in [6, 6.07) is 5.59. The van der Waals surface area contributed by atoms with E-state index in [4.69, 9.17) is 14.2 Å². The number of unbranched alkanes of at least 4 members (excludes halogenated alkanes) is 1. The molecule has 1 fully saturated rings. The summed E-state index contributed by atoms with van der Waals surface area (Å²) in [6.45, 7) is 4.93. The van der Waals surface area contributed by atoms with Crippen molar-refractivity contribution in [1.29, 1.82) is 0 Å². The number of nitrogens with one attached hydrogen (secondary N) is 2. The average Bonchev–Trinajstić information content (AvgIpc) is 3.52. The summed E-state index contributed by atoms with van der Waals surface area (Å²) in [7, 11) is 1.29. The molecular formula is C24H32N4O5S. The predicted octanol–water partition coefficient (Wildman–Crippen LogP) is 3.83. The van der Waals surface area contributed by atoms with Gasteiger partial charge >= 0.3 is 12.0 Å². The van der Waals surface area contributed by atoms with E-state index in [9.17, 15) is 9.59 Å². The molecule has 2 aromatic rings. The monoisotopic (exact) mass is 488 g/mol. The number of rotatable bonds is 10. The first-order valence-electron chi connectivity index (χ1n) is 11.9. The van der Waals surface area contributed by atoms with E-state index in [2.05, 4.69) is 19.9 Å². The van der Waals surface area contributed by atoms with Crippen molar-refractivity contribution in [1.82, 2.24) is 14.6 Å². The van der Waals surface area contributed by atoms with Crippen LogP contribution in [0.3, 0.4) is 0 Å². The molecule has 0 unspecified atom stereocenters. The standard InChI is InChI=1S/C24H32N4O5S/c1-31-23(29)20-21(33-16-17-8-9-18-7-6-14-32-19(18)15-17)27-34-22(20)26-24(30)25-10-2-3-11-28-12-4-5-13-28/h8-9,15H,2-7,10-14,16H2,1H3,(H2,25,26,30). The molecule has 3 heterocycles. The molecule has 34 heavy (non-hydrogen) atoms. The first-order chi connectivity index (χ1) is 16.6. The SMILES string of the molecule is COC(=O)c1c(OCc2ccc3c(c2)OCCC3)nsc1NC(=O)NCCCCN1CCCC1. The molecule has 2 aliphatic rings. The Hall–Kier alpha value is -2.85. The number of ether oxygens (including phenoxy) is 3. The zero-order chi connectivity index (χ0) is 23.8. The Morgan fingerprint density at radius 2 is 2.06 bits per heavy atom. The van der Waals surface area contributed by atoms with Crippen LogP contribution in [0.1, 0.15) is 53.6 Å². The van der Waals surface area contributed by atoms with E-state index >= 15 is 0 Å². The Bertz CT molecular complexity index is 990. The van der Waals surface area contributed by atoms with Crippen LogP contribution in [-0.4, -0.2) is 61.2 Å². The van der Waals surface area contributed by atoms with Crippen molar-refractivity contribution >= 4 is 28.5 Å². The Balaban J connectivity index is 1.30. The number of fused-ring (bicyclic) bond motifs is 1. The Kier molecular flexibility index (Phi) is 8.59. The molecule has 0 aliphatic carbocycles. The largest absolute Gasteiger partial charge is 0.493 e. The lowest BCUT2D eigenvalue weighted by Crippen LogP contribution is -2.30. The van der Waals surface area contributed by atoms with Crippen LogP contribution in [0.2, 0.25) is 0 Å². The molecule has 0 spiro atoms. The molecule has 1 aromatic carbocycles. The second kappa shape index (κ2) is 12.0. The number of aromatic nitrogens is 1. The number of esters is 1. The van der Waals surface area contributed by atoms with Crippen LogP contribution in [0.25, 0.3) is 0 Å². The summed E-state index contributed by atoms with van der Waals surface area (Å²) in [5, 5.41) is 5.85. The quantitative estimate of drug-likeness (QED) is 0.387. The van der Waals surface area contributed by atoms with Crippen LogP contribution in [0, 0.1) is 0 Å². The Labute approximate surface area is 203 Å². The van der Waals surface area contributed by atoms with Crippen molar-refractivity contribution in [2.75, 3.05) is 45.2 Å². The molecular weight excluding hydrogens is 456 g/mol. The van der Waals surface area contributed by atoms with Gasteiger partial charge in [0.05, 0.1) is 13.7 Å². The third kappa shape index (κ3) is 6.38. The summed E-state index contributed by atoms with van der Waals surface area (Å²) in [5.74, 6) is 0.396. The highest BCUT2D eigenvalue weighted by Crippen LogP contribution is 2.32. The van der Waals surface area contributed by atoms with Gasteiger partial charge in [-0.15, -0.1) is 0 Å². The summed E-state index contributed by atoms with van der Waals surface area (Å²) in [5.41, 5.74) is 2.21. The van der Waals surface area contributed by atoms with Crippen LogP contribution < -0.4 is 20.1 Å². The molecule has 9 nitrogen and oxygen atoms in total. The number of nitrogens with zero attached hydrogens (tertiary/aromatic N) is 2.